The number of aromatic nitrogens is 2. The number of hydrogen-bond acceptors (Lipinski definition) is 2. The van der Waals surface area contributed by atoms with Gasteiger partial charge in [0.15, 0.2) is 0 Å². The highest BCUT2D eigenvalue weighted by molar-refractivity contribution is 7.00. The molecule has 5 heteroatoms. The SMILES string of the molecule is CC(C)(C)c1ccc(-c2cc(C(C)(C)C)cc(-c3cc(C(C)(C)C)cc(C(C)(C)C)c3)c2N2c3cc(-n4c5ccc(C(C)(C)C)cc5c5cc(C(C)(C)C)ccc54)ccc3B3c4ccc(-n5c6ccc(C(C)(C)C)cc6c6cc(C(C)(C)C)ccc65)cc4N(c4c(-c5ccc(C(C)(C)C)cc5)cc(C(C)(C)C)cc4-c4c(C(C)(C)C)cccc4C(C)(C)C)c4cc(C(C)(C)C)cc2c43)cc1. The molecule has 2 aliphatic heterocycles. The summed E-state index contributed by atoms with van der Waals surface area (Å²) in [6.07, 6.45) is 0. The highest BCUT2D eigenvalue weighted by Gasteiger charge is 2.48. The van der Waals surface area contributed by atoms with Crippen LogP contribution in [0.25, 0.3) is 99.5 Å². The van der Waals surface area contributed by atoms with Crippen LogP contribution in [0, 0.1) is 0 Å². The first kappa shape index (κ1) is 95.8. The maximum atomic E-state index is 2.87. The van der Waals surface area contributed by atoms with Crippen LogP contribution >= 0.6 is 0 Å². The molecular formula is C130H155BN4. The molecule has 0 bridgehead atoms. The van der Waals surface area contributed by atoms with Crippen LogP contribution in [0.2, 0.25) is 0 Å². The third kappa shape index (κ3) is 17.3. The van der Waals surface area contributed by atoms with E-state index in [0.717, 1.165) is 34.1 Å². The van der Waals surface area contributed by atoms with Gasteiger partial charge in [0.05, 0.1) is 33.4 Å². The van der Waals surface area contributed by atoms with Crippen LogP contribution < -0.4 is 26.2 Å². The van der Waals surface area contributed by atoms with Crippen LogP contribution in [0.5, 0.6) is 0 Å². The molecule has 0 spiro atoms. The van der Waals surface area contributed by atoms with Gasteiger partial charge in [0.2, 0.25) is 0 Å². The molecule has 135 heavy (non-hydrogen) atoms. The second-order valence-corrected chi connectivity index (χ2v) is 53.9. The van der Waals surface area contributed by atoms with Crippen molar-refractivity contribution in [1.29, 1.82) is 0 Å². The van der Waals surface area contributed by atoms with Crippen molar-refractivity contribution in [2.45, 2.75) is 340 Å². The molecule has 4 heterocycles. The van der Waals surface area contributed by atoms with Gasteiger partial charge in [-0.2, -0.15) is 0 Å². The third-order valence-electron chi connectivity index (χ3n) is 29.9. The van der Waals surface area contributed by atoms with Crippen LogP contribution in [-0.4, -0.2) is 15.8 Å². The van der Waals surface area contributed by atoms with E-state index in [2.05, 4.69) is 519 Å². The number of rotatable bonds is 8. The molecule has 15 aromatic rings. The Hall–Kier alpha value is -10.9. The largest absolute Gasteiger partial charge is 0.310 e. The summed E-state index contributed by atoms with van der Waals surface area (Å²) >= 11 is 0. The fourth-order valence-corrected chi connectivity index (χ4v) is 21.1. The highest BCUT2D eigenvalue weighted by atomic mass is 15.2. The minimum atomic E-state index is -0.417. The van der Waals surface area contributed by atoms with E-state index in [1.54, 1.807) is 0 Å². The monoisotopic (exact) mass is 1780 g/mol. The summed E-state index contributed by atoms with van der Waals surface area (Å²) < 4.78 is 5.24. The standard InChI is InChI=1S/C130H155BN4/c1-118(2,3)81-47-43-78(44-48-81)94-70-89(126(25,26)27)72-96(80-63-87(124(19,20)21)65-88(64-80)125(22,23)24)116(94)134-110-76-92(132-106-59-51-83(120(7,8)9)66-97(106)98-67-84(121(10,11)12)52-60-107(98)132)55-57-104(110)131-105-58-56-93(133-108-61-53-85(122(13,14)15)68-99(108)100-69-86(123(16,17)18)54-62-109(100)133)77-111(105)135(113-75-91(128(31,32)33)74-112(134)115(113)131)117-95(79-45-49-82(50-46-79)119(4,5)6)71-90(127(28,29)30)73-101(117)114-102(129(34,35)36)41-40-42-103(114)130(37,38)39/h40-77H,1-39H3. The minimum absolute atomic E-state index is 0.0921. The summed E-state index contributed by atoms with van der Waals surface area (Å²) in [5.41, 5.74) is 41.7. The van der Waals surface area contributed by atoms with E-state index < -0.39 is 5.41 Å². The minimum Gasteiger partial charge on any atom is -0.310 e. The van der Waals surface area contributed by atoms with Gasteiger partial charge in [0.1, 0.15) is 0 Å². The quantitative estimate of drug-likeness (QED) is 0.141. The van der Waals surface area contributed by atoms with Crippen molar-refractivity contribution in [2.24, 2.45) is 0 Å². The van der Waals surface area contributed by atoms with Crippen LogP contribution in [-0.2, 0) is 70.4 Å². The fourth-order valence-electron chi connectivity index (χ4n) is 21.1. The van der Waals surface area contributed by atoms with Gasteiger partial charge in [0.25, 0.3) is 6.71 Å². The Labute approximate surface area is 813 Å². The van der Waals surface area contributed by atoms with Gasteiger partial charge >= 0.3 is 0 Å². The summed E-state index contributed by atoms with van der Waals surface area (Å²) in [5.74, 6) is 0. The van der Waals surface area contributed by atoms with E-state index in [1.165, 1.54) is 188 Å². The average Bonchev–Trinajstić information content (AvgIpc) is 1.55. The van der Waals surface area contributed by atoms with Gasteiger partial charge in [-0.05, 0) is 291 Å². The number of benzene rings is 13. The van der Waals surface area contributed by atoms with Crippen LogP contribution in [0.3, 0.4) is 0 Å². The summed E-state index contributed by atoms with van der Waals surface area (Å²) in [5, 5.41) is 5.06. The lowest BCUT2D eigenvalue weighted by atomic mass is 9.33. The Morgan fingerprint density at radius 1 is 0.193 bits per heavy atom. The molecule has 0 radical (unpaired) electrons. The molecule has 0 atom stereocenters. The first-order chi connectivity index (χ1) is 62.1. The summed E-state index contributed by atoms with van der Waals surface area (Å²) in [7, 11) is 0. The van der Waals surface area contributed by atoms with E-state index in [0.29, 0.717) is 0 Å². The Kier molecular flexibility index (Phi) is 22.6. The Morgan fingerprint density at radius 3 is 0.741 bits per heavy atom. The molecular weight excluding hydrogens is 1630 g/mol. The molecule has 2 aliphatic rings. The van der Waals surface area contributed by atoms with E-state index in [4.69, 9.17) is 0 Å². The molecule has 0 saturated carbocycles. The topological polar surface area (TPSA) is 16.3 Å². The first-order valence-corrected chi connectivity index (χ1v) is 50.3. The van der Waals surface area contributed by atoms with Crippen molar-refractivity contribution in [1.82, 2.24) is 9.13 Å². The Morgan fingerprint density at radius 2 is 0.452 bits per heavy atom. The van der Waals surface area contributed by atoms with Gasteiger partial charge in [-0.3, -0.25) is 0 Å². The zero-order valence-electron chi connectivity index (χ0n) is 89.8. The number of fused-ring (bicyclic) bond motifs is 10. The molecule has 0 saturated heterocycles. The maximum absolute atomic E-state index is 2.87. The van der Waals surface area contributed by atoms with Crippen molar-refractivity contribution < 1.29 is 0 Å². The molecule has 2 aromatic heterocycles. The van der Waals surface area contributed by atoms with E-state index >= 15 is 0 Å². The normalized spacial score (nSPS) is 14.1. The number of anilines is 6. The lowest BCUT2D eigenvalue weighted by Crippen LogP contribution is -2.61. The van der Waals surface area contributed by atoms with E-state index in [9.17, 15) is 0 Å². The summed E-state index contributed by atoms with van der Waals surface area (Å²) in [6.45, 7) is 93.2. The van der Waals surface area contributed by atoms with Gasteiger partial charge in [-0.15, -0.1) is 0 Å². The summed E-state index contributed by atoms with van der Waals surface area (Å²) in [4.78, 5) is 5.73. The Balaban J connectivity index is 1.14. The van der Waals surface area contributed by atoms with Gasteiger partial charge in [-0.25, -0.2) is 0 Å². The van der Waals surface area contributed by atoms with Crippen LogP contribution in [0.15, 0.2) is 231 Å². The second kappa shape index (κ2) is 31.8. The van der Waals surface area contributed by atoms with Crippen molar-refractivity contribution >= 4 is 101 Å². The lowest BCUT2D eigenvalue weighted by Gasteiger charge is -2.47. The highest BCUT2D eigenvalue weighted by Crippen LogP contribution is 2.59. The predicted octanol–water partition coefficient (Wildman–Crippen LogP) is 35.5. The molecule has 0 fully saturated rings. The first-order valence-electron chi connectivity index (χ1n) is 50.3. The predicted molar refractivity (Wildman–Crippen MR) is 594 cm³/mol. The zero-order valence-corrected chi connectivity index (χ0v) is 89.8. The van der Waals surface area contributed by atoms with Crippen LogP contribution in [0.1, 0.15) is 342 Å². The Bertz CT molecular complexity index is 7060. The molecule has 698 valence electrons. The van der Waals surface area contributed by atoms with Crippen molar-refractivity contribution in [3.8, 4) is 55.9 Å². The maximum Gasteiger partial charge on any atom is 0.252 e. The van der Waals surface area contributed by atoms with Gasteiger partial charge in [0, 0.05) is 77.9 Å². The van der Waals surface area contributed by atoms with Crippen molar-refractivity contribution in [2.75, 3.05) is 9.80 Å². The lowest BCUT2D eigenvalue weighted by molar-refractivity contribution is 0.568. The number of nitrogens with zero attached hydrogens (tertiary/aromatic N) is 4. The smallest absolute Gasteiger partial charge is 0.252 e. The molecule has 0 amide bonds. The molecule has 4 nitrogen and oxygen atoms in total. The molecule has 0 unspecified atom stereocenters. The number of hydrogen-bond donors (Lipinski definition) is 0. The van der Waals surface area contributed by atoms with E-state index in [1.807, 2.05) is 0 Å². The average molecular weight is 1780 g/mol. The third-order valence-corrected chi connectivity index (χ3v) is 29.9. The molecule has 17 rings (SSSR count). The van der Waals surface area contributed by atoms with Crippen LogP contribution in [0.4, 0.5) is 34.1 Å². The van der Waals surface area contributed by atoms with Gasteiger partial charge < -0.3 is 18.9 Å². The van der Waals surface area contributed by atoms with E-state index in [-0.39, 0.29) is 71.7 Å². The fraction of sp³-hybridized carbons (Fsp3) is 0.400. The second-order valence-electron chi connectivity index (χ2n) is 53.9. The van der Waals surface area contributed by atoms with Crippen molar-refractivity contribution in [3.05, 3.63) is 303 Å². The summed E-state index contributed by atoms with van der Waals surface area (Å²) in [6, 6.07) is 95.3. The molecule has 0 aliphatic carbocycles. The van der Waals surface area contributed by atoms with Gasteiger partial charge in [-0.1, -0.05) is 391 Å². The van der Waals surface area contributed by atoms with Crippen molar-refractivity contribution in [3.63, 3.8) is 0 Å². The molecule has 0 N–H and O–H groups in total. The molecule has 13 aromatic carbocycles. The zero-order chi connectivity index (χ0) is 98.4.